The van der Waals surface area contributed by atoms with E-state index in [1.807, 2.05) is 12.1 Å². The van der Waals surface area contributed by atoms with Gasteiger partial charge in [0, 0.05) is 18.2 Å². The minimum atomic E-state index is -0.401. The van der Waals surface area contributed by atoms with E-state index >= 15 is 0 Å². The van der Waals surface area contributed by atoms with E-state index in [1.165, 1.54) is 17.4 Å². The van der Waals surface area contributed by atoms with E-state index in [2.05, 4.69) is 20.6 Å². The Labute approximate surface area is 170 Å². The highest BCUT2D eigenvalue weighted by Gasteiger charge is 2.22. The van der Waals surface area contributed by atoms with Crippen molar-refractivity contribution in [2.75, 3.05) is 19.0 Å². The van der Waals surface area contributed by atoms with Crippen LogP contribution in [0.15, 0.2) is 41.2 Å². The lowest BCUT2D eigenvalue weighted by Crippen LogP contribution is -2.29. The first-order chi connectivity index (χ1) is 14.1. The third kappa shape index (κ3) is 4.49. The first-order valence-electron chi connectivity index (χ1n) is 9.10. The molecular formula is C19H19N5O4S. The lowest BCUT2D eigenvalue weighted by molar-refractivity contribution is -0.117. The Bertz CT molecular complexity index is 1060. The van der Waals surface area contributed by atoms with Gasteiger partial charge in [-0.2, -0.15) is 5.10 Å². The highest BCUT2D eigenvalue weighted by molar-refractivity contribution is 7.15. The van der Waals surface area contributed by atoms with E-state index in [-0.39, 0.29) is 18.2 Å². The van der Waals surface area contributed by atoms with Gasteiger partial charge < -0.3 is 9.47 Å². The van der Waals surface area contributed by atoms with Crippen molar-refractivity contribution in [1.29, 1.82) is 0 Å². The van der Waals surface area contributed by atoms with Crippen molar-refractivity contribution in [2.24, 2.45) is 0 Å². The minimum absolute atomic E-state index is 0.0522. The van der Waals surface area contributed by atoms with Crippen molar-refractivity contribution >= 4 is 22.4 Å². The molecule has 2 aromatic heterocycles. The predicted octanol–water partition coefficient (Wildman–Crippen LogP) is 2.26. The number of hydrogen-bond acceptors (Lipinski definition) is 8. The van der Waals surface area contributed by atoms with Crippen LogP contribution in [0, 0.1) is 0 Å². The lowest BCUT2D eigenvalue weighted by Gasteiger charge is -2.07. The number of hydrogen-bond donors (Lipinski definition) is 1. The van der Waals surface area contributed by atoms with Crippen LogP contribution in [0.5, 0.6) is 5.75 Å². The molecule has 1 aromatic carbocycles. The number of anilines is 1. The molecule has 1 atom stereocenters. The number of carbonyl (C=O) groups is 1. The summed E-state index contributed by atoms with van der Waals surface area (Å²) in [4.78, 5) is 24.5. The Morgan fingerprint density at radius 3 is 2.83 bits per heavy atom. The number of nitrogens with zero attached hydrogens (tertiary/aromatic N) is 4. The molecule has 1 N–H and O–H groups in total. The van der Waals surface area contributed by atoms with Gasteiger partial charge in [0.2, 0.25) is 11.0 Å². The number of benzene rings is 1. The van der Waals surface area contributed by atoms with E-state index in [1.54, 1.807) is 25.3 Å². The van der Waals surface area contributed by atoms with Crippen molar-refractivity contribution < 1.29 is 14.3 Å². The fourth-order valence-corrected chi connectivity index (χ4v) is 3.80. The van der Waals surface area contributed by atoms with Gasteiger partial charge in [0.15, 0.2) is 0 Å². The highest BCUT2D eigenvalue weighted by Crippen LogP contribution is 2.31. The summed E-state index contributed by atoms with van der Waals surface area (Å²) in [6, 6.07) is 10.3. The molecule has 0 radical (unpaired) electrons. The molecule has 3 heterocycles. The Morgan fingerprint density at radius 1 is 1.28 bits per heavy atom. The quantitative estimate of drug-likeness (QED) is 0.660. The second kappa shape index (κ2) is 8.50. The molecule has 0 bridgehead atoms. The van der Waals surface area contributed by atoms with Gasteiger partial charge in [0.05, 0.1) is 12.8 Å². The zero-order valence-electron chi connectivity index (χ0n) is 15.7. The van der Waals surface area contributed by atoms with Crippen LogP contribution in [-0.4, -0.2) is 39.6 Å². The van der Waals surface area contributed by atoms with Crippen LogP contribution < -0.4 is 15.6 Å². The van der Waals surface area contributed by atoms with Crippen LogP contribution in [0.1, 0.15) is 24.0 Å². The number of aromatic nitrogens is 4. The van der Waals surface area contributed by atoms with Crippen LogP contribution in [0.2, 0.25) is 0 Å². The molecule has 0 spiro atoms. The van der Waals surface area contributed by atoms with Crippen molar-refractivity contribution in [3.05, 3.63) is 51.8 Å². The molecular weight excluding hydrogens is 394 g/mol. The Morgan fingerprint density at radius 2 is 2.10 bits per heavy atom. The van der Waals surface area contributed by atoms with Crippen LogP contribution in [-0.2, 0) is 16.1 Å². The van der Waals surface area contributed by atoms with Crippen LogP contribution in [0.3, 0.4) is 0 Å². The molecule has 1 amide bonds. The van der Waals surface area contributed by atoms with E-state index in [4.69, 9.17) is 9.47 Å². The van der Waals surface area contributed by atoms with Crippen molar-refractivity contribution in [1.82, 2.24) is 20.0 Å². The van der Waals surface area contributed by atoms with Gasteiger partial charge in [-0.15, -0.1) is 10.2 Å². The number of methoxy groups -OCH3 is 1. The molecule has 0 aliphatic carbocycles. The van der Waals surface area contributed by atoms with E-state index in [0.717, 1.165) is 33.8 Å². The largest absolute Gasteiger partial charge is 0.497 e. The Kier molecular flexibility index (Phi) is 5.63. The molecule has 3 aromatic rings. The smallest absolute Gasteiger partial charge is 0.267 e. The summed E-state index contributed by atoms with van der Waals surface area (Å²) in [5.74, 6) is 0.322. The van der Waals surface area contributed by atoms with Gasteiger partial charge in [-0.25, -0.2) is 4.68 Å². The molecule has 9 nitrogen and oxygen atoms in total. The molecule has 10 heteroatoms. The van der Waals surface area contributed by atoms with Gasteiger partial charge in [-0.3, -0.25) is 14.9 Å². The average molecular weight is 413 g/mol. The third-order valence-corrected chi connectivity index (χ3v) is 5.37. The molecule has 1 aliphatic heterocycles. The van der Waals surface area contributed by atoms with Crippen molar-refractivity contribution in [3.8, 4) is 17.0 Å². The molecule has 1 aliphatic rings. The maximum absolute atomic E-state index is 12.4. The van der Waals surface area contributed by atoms with E-state index in [0.29, 0.717) is 17.4 Å². The molecule has 1 unspecified atom stereocenters. The van der Waals surface area contributed by atoms with Crippen LogP contribution in [0.4, 0.5) is 5.13 Å². The van der Waals surface area contributed by atoms with E-state index < -0.39 is 5.91 Å². The maximum Gasteiger partial charge on any atom is 0.267 e. The molecule has 0 saturated carbocycles. The van der Waals surface area contributed by atoms with Crippen LogP contribution >= 0.6 is 11.3 Å². The average Bonchev–Trinajstić information content (AvgIpc) is 3.41. The number of amides is 1. The SMILES string of the molecule is COc1ccc(-c2ccc(=O)n(CC(=O)Nc3nnc(C4CCCO4)s3)n2)cc1. The summed E-state index contributed by atoms with van der Waals surface area (Å²) in [6.07, 6.45) is 1.84. The van der Waals surface area contributed by atoms with Gasteiger partial charge in [0.25, 0.3) is 5.56 Å². The number of nitrogens with one attached hydrogen (secondary N) is 1. The standard InChI is InChI=1S/C19H19N5O4S/c1-27-13-6-4-12(5-7-13)14-8-9-17(26)24(23-14)11-16(25)20-19-22-21-18(29-19)15-3-2-10-28-15/h4-9,15H,2-3,10-11H2,1H3,(H,20,22,25). The fourth-order valence-electron chi connectivity index (χ4n) is 2.96. The Hall–Kier alpha value is -3.11. The molecule has 150 valence electrons. The van der Waals surface area contributed by atoms with Crippen molar-refractivity contribution in [3.63, 3.8) is 0 Å². The molecule has 4 rings (SSSR count). The number of rotatable bonds is 6. The second-order valence-electron chi connectivity index (χ2n) is 6.44. The fraction of sp³-hybridized carbons (Fsp3) is 0.316. The summed E-state index contributed by atoms with van der Waals surface area (Å²) in [5, 5.41) is 16.1. The normalized spacial score (nSPS) is 16.0. The number of carbonyl (C=O) groups excluding carboxylic acids is 1. The zero-order valence-corrected chi connectivity index (χ0v) is 16.5. The van der Waals surface area contributed by atoms with Gasteiger partial charge >= 0.3 is 0 Å². The summed E-state index contributed by atoms with van der Waals surface area (Å²) in [7, 11) is 1.59. The zero-order chi connectivity index (χ0) is 20.2. The second-order valence-corrected chi connectivity index (χ2v) is 7.45. The third-order valence-electron chi connectivity index (χ3n) is 4.44. The highest BCUT2D eigenvalue weighted by atomic mass is 32.1. The number of ether oxygens (including phenoxy) is 2. The predicted molar refractivity (Wildman–Crippen MR) is 107 cm³/mol. The van der Waals surface area contributed by atoms with Gasteiger partial charge in [0.1, 0.15) is 23.4 Å². The summed E-state index contributed by atoms with van der Waals surface area (Å²) in [6.45, 7) is 0.489. The minimum Gasteiger partial charge on any atom is -0.497 e. The van der Waals surface area contributed by atoms with E-state index in [9.17, 15) is 9.59 Å². The monoisotopic (exact) mass is 413 g/mol. The molecule has 1 fully saturated rings. The summed E-state index contributed by atoms with van der Waals surface area (Å²) < 4.78 is 11.8. The van der Waals surface area contributed by atoms with Gasteiger partial charge in [-0.1, -0.05) is 11.3 Å². The van der Waals surface area contributed by atoms with Crippen molar-refractivity contribution in [2.45, 2.75) is 25.5 Å². The Balaban J connectivity index is 1.45. The molecule has 1 saturated heterocycles. The van der Waals surface area contributed by atoms with Crippen LogP contribution in [0.25, 0.3) is 11.3 Å². The molecule has 29 heavy (non-hydrogen) atoms. The lowest BCUT2D eigenvalue weighted by atomic mass is 10.1. The first-order valence-corrected chi connectivity index (χ1v) is 9.91. The summed E-state index contributed by atoms with van der Waals surface area (Å²) >= 11 is 1.28. The first kappa shape index (κ1) is 19.2. The van der Waals surface area contributed by atoms with Gasteiger partial charge in [-0.05, 0) is 43.2 Å². The maximum atomic E-state index is 12.4. The topological polar surface area (TPSA) is 108 Å². The summed E-state index contributed by atoms with van der Waals surface area (Å²) in [5.41, 5.74) is 1.02.